The molecule has 2 aliphatic rings. The summed E-state index contributed by atoms with van der Waals surface area (Å²) in [4.78, 5) is 26.8. The van der Waals surface area contributed by atoms with Crippen molar-refractivity contribution in [1.82, 2.24) is 10.2 Å². The number of amides is 2. The molecule has 1 N–H and O–H groups in total. The summed E-state index contributed by atoms with van der Waals surface area (Å²) in [5.41, 5.74) is 1.70. The van der Waals surface area contributed by atoms with E-state index in [0.717, 1.165) is 25.7 Å². The van der Waals surface area contributed by atoms with Crippen LogP contribution in [0.2, 0.25) is 10.0 Å². The number of allylic oxidation sites excluding steroid dienone is 1. The summed E-state index contributed by atoms with van der Waals surface area (Å²) in [5, 5.41) is 3.66. The molecule has 1 unspecified atom stereocenters. The van der Waals surface area contributed by atoms with E-state index in [4.69, 9.17) is 27.9 Å². The summed E-state index contributed by atoms with van der Waals surface area (Å²) in [6, 6.07) is 4.19. The summed E-state index contributed by atoms with van der Waals surface area (Å²) in [7, 11) is 1.63. The molecule has 0 radical (unpaired) electrons. The summed E-state index contributed by atoms with van der Waals surface area (Å²) < 4.78 is 5.84. The molecule has 1 aliphatic carbocycles. The Morgan fingerprint density at radius 2 is 1.81 bits per heavy atom. The molecule has 0 saturated heterocycles. The Hall–Kier alpha value is -1.72. The van der Waals surface area contributed by atoms with Crippen LogP contribution in [0.15, 0.2) is 29.5 Å². The first kappa shape index (κ1) is 20.0. The molecular formula is C20H24Cl2N2O3. The SMILES string of the molecule is CC1=C(C(=O)OC2CCCCCC2)C(c2ccc(Cl)c(Cl)c2)NC(=O)N1C. The van der Waals surface area contributed by atoms with Crippen LogP contribution in [-0.2, 0) is 9.53 Å². The Bertz CT molecular complexity index is 770. The fourth-order valence-electron chi connectivity index (χ4n) is 3.62. The number of halogens is 2. The standard InChI is InChI=1S/C20H24Cl2N2O3/c1-12-17(19(25)27-14-7-5-3-4-6-8-14)18(23-20(26)24(12)2)13-9-10-15(21)16(22)11-13/h9-11,14,18H,3-8H2,1-2H3,(H,23,26). The third-order valence-electron chi connectivity index (χ3n) is 5.33. The molecule has 1 saturated carbocycles. The number of ether oxygens (including phenoxy) is 1. The predicted molar refractivity (Wildman–Crippen MR) is 106 cm³/mol. The molecule has 1 fully saturated rings. The summed E-state index contributed by atoms with van der Waals surface area (Å²) in [6.07, 6.45) is 6.21. The van der Waals surface area contributed by atoms with Crippen LogP contribution in [0, 0.1) is 0 Å². The van der Waals surface area contributed by atoms with Crippen LogP contribution in [0.25, 0.3) is 0 Å². The van der Waals surface area contributed by atoms with Gasteiger partial charge in [-0.2, -0.15) is 0 Å². The minimum absolute atomic E-state index is 0.0716. The predicted octanol–water partition coefficient (Wildman–Crippen LogP) is 5.23. The van der Waals surface area contributed by atoms with Crippen molar-refractivity contribution in [2.75, 3.05) is 7.05 Å². The van der Waals surface area contributed by atoms with E-state index in [9.17, 15) is 9.59 Å². The zero-order valence-electron chi connectivity index (χ0n) is 15.6. The zero-order chi connectivity index (χ0) is 19.6. The van der Waals surface area contributed by atoms with E-state index in [1.54, 1.807) is 32.2 Å². The van der Waals surface area contributed by atoms with E-state index in [-0.39, 0.29) is 18.1 Å². The normalized spacial score (nSPS) is 21.7. The smallest absolute Gasteiger partial charge is 0.338 e. The third kappa shape index (κ3) is 4.41. The Morgan fingerprint density at radius 3 is 2.44 bits per heavy atom. The lowest BCUT2D eigenvalue weighted by molar-refractivity contribution is -0.145. The molecule has 7 heteroatoms. The van der Waals surface area contributed by atoms with Gasteiger partial charge in [-0.1, -0.05) is 42.1 Å². The summed E-state index contributed by atoms with van der Waals surface area (Å²) in [5.74, 6) is -0.387. The van der Waals surface area contributed by atoms with Gasteiger partial charge in [0.1, 0.15) is 6.10 Å². The second kappa shape index (κ2) is 8.53. The Labute approximate surface area is 169 Å². The van der Waals surface area contributed by atoms with Gasteiger partial charge in [-0.05, 0) is 50.3 Å². The van der Waals surface area contributed by atoms with E-state index < -0.39 is 6.04 Å². The quantitative estimate of drug-likeness (QED) is 0.547. The number of esters is 1. The highest BCUT2D eigenvalue weighted by Gasteiger charge is 2.36. The Kier molecular flexibility index (Phi) is 6.33. The van der Waals surface area contributed by atoms with Gasteiger partial charge in [0, 0.05) is 12.7 Å². The van der Waals surface area contributed by atoms with Gasteiger partial charge in [0.15, 0.2) is 0 Å². The number of carbonyl (C=O) groups is 2. The van der Waals surface area contributed by atoms with Gasteiger partial charge in [-0.25, -0.2) is 9.59 Å². The van der Waals surface area contributed by atoms with Crippen LogP contribution < -0.4 is 5.32 Å². The second-order valence-corrected chi connectivity index (χ2v) is 7.95. The Morgan fingerprint density at radius 1 is 1.15 bits per heavy atom. The highest BCUT2D eigenvalue weighted by Crippen LogP contribution is 2.34. The van der Waals surface area contributed by atoms with E-state index in [1.807, 2.05) is 0 Å². The highest BCUT2D eigenvalue weighted by molar-refractivity contribution is 6.42. The molecule has 1 atom stereocenters. The van der Waals surface area contributed by atoms with Gasteiger partial charge < -0.3 is 15.0 Å². The van der Waals surface area contributed by atoms with Crippen LogP contribution in [0.3, 0.4) is 0 Å². The van der Waals surface area contributed by atoms with Gasteiger partial charge in [-0.15, -0.1) is 0 Å². The van der Waals surface area contributed by atoms with Crippen molar-refractivity contribution in [3.8, 4) is 0 Å². The van der Waals surface area contributed by atoms with Crippen LogP contribution >= 0.6 is 23.2 Å². The number of hydrogen-bond donors (Lipinski definition) is 1. The van der Waals surface area contributed by atoms with Crippen molar-refractivity contribution in [3.05, 3.63) is 45.1 Å². The number of rotatable bonds is 3. The topological polar surface area (TPSA) is 58.6 Å². The number of nitrogens with one attached hydrogen (secondary N) is 1. The maximum atomic E-state index is 13.1. The molecule has 146 valence electrons. The van der Waals surface area contributed by atoms with Gasteiger partial charge >= 0.3 is 12.0 Å². The largest absolute Gasteiger partial charge is 0.459 e. The molecular weight excluding hydrogens is 387 g/mol. The van der Waals surface area contributed by atoms with Crippen molar-refractivity contribution in [2.45, 2.75) is 57.6 Å². The third-order valence-corrected chi connectivity index (χ3v) is 6.07. The first-order chi connectivity index (χ1) is 12.9. The molecule has 0 spiro atoms. The zero-order valence-corrected chi connectivity index (χ0v) is 17.1. The van der Waals surface area contributed by atoms with Crippen molar-refractivity contribution in [3.63, 3.8) is 0 Å². The van der Waals surface area contributed by atoms with E-state index in [2.05, 4.69) is 5.32 Å². The summed E-state index contributed by atoms with van der Waals surface area (Å²) >= 11 is 12.2. The van der Waals surface area contributed by atoms with Crippen molar-refractivity contribution >= 4 is 35.2 Å². The maximum Gasteiger partial charge on any atom is 0.338 e. The van der Waals surface area contributed by atoms with E-state index in [0.29, 0.717) is 26.9 Å². The molecule has 1 heterocycles. The lowest BCUT2D eigenvalue weighted by Crippen LogP contribution is -2.46. The van der Waals surface area contributed by atoms with Crippen molar-refractivity contribution in [2.24, 2.45) is 0 Å². The highest BCUT2D eigenvalue weighted by atomic mass is 35.5. The number of carbonyl (C=O) groups excluding carboxylic acids is 2. The molecule has 1 aromatic carbocycles. The first-order valence-corrected chi connectivity index (χ1v) is 10.0. The lowest BCUT2D eigenvalue weighted by atomic mass is 9.95. The molecule has 1 aromatic rings. The average molecular weight is 411 g/mol. The first-order valence-electron chi connectivity index (χ1n) is 9.29. The summed E-state index contributed by atoms with van der Waals surface area (Å²) in [6.45, 7) is 1.76. The van der Waals surface area contributed by atoms with Crippen LogP contribution in [0.4, 0.5) is 4.79 Å². The van der Waals surface area contributed by atoms with Crippen LogP contribution in [0.5, 0.6) is 0 Å². The van der Waals surface area contributed by atoms with E-state index >= 15 is 0 Å². The second-order valence-electron chi connectivity index (χ2n) is 7.13. The number of nitrogens with zero attached hydrogens (tertiary/aromatic N) is 1. The molecule has 0 aromatic heterocycles. The number of benzene rings is 1. The van der Waals surface area contributed by atoms with Gasteiger partial charge in [0.25, 0.3) is 0 Å². The molecule has 27 heavy (non-hydrogen) atoms. The number of urea groups is 1. The fourth-order valence-corrected chi connectivity index (χ4v) is 3.92. The number of hydrogen-bond acceptors (Lipinski definition) is 3. The van der Waals surface area contributed by atoms with Gasteiger partial charge in [0.2, 0.25) is 0 Å². The van der Waals surface area contributed by atoms with Gasteiger partial charge in [-0.3, -0.25) is 0 Å². The molecule has 0 bridgehead atoms. The lowest BCUT2D eigenvalue weighted by Gasteiger charge is -2.34. The Balaban J connectivity index is 1.92. The molecule has 3 rings (SSSR count). The van der Waals surface area contributed by atoms with Crippen molar-refractivity contribution < 1.29 is 14.3 Å². The molecule has 1 aliphatic heterocycles. The van der Waals surface area contributed by atoms with Crippen LogP contribution in [-0.4, -0.2) is 30.1 Å². The average Bonchev–Trinajstić information content (AvgIpc) is 2.90. The molecule has 5 nitrogen and oxygen atoms in total. The fraction of sp³-hybridized carbons (Fsp3) is 0.500. The maximum absolute atomic E-state index is 13.1. The minimum atomic E-state index is -0.623. The molecule has 2 amide bonds. The van der Waals surface area contributed by atoms with Crippen LogP contribution in [0.1, 0.15) is 57.1 Å². The van der Waals surface area contributed by atoms with Gasteiger partial charge in [0.05, 0.1) is 21.7 Å². The van der Waals surface area contributed by atoms with Crippen molar-refractivity contribution in [1.29, 1.82) is 0 Å². The monoisotopic (exact) mass is 410 g/mol. The minimum Gasteiger partial charge on any atom is -0.459 e. The van der Waals surface area contributed by atoms with E-state index in [1.165, 1.54) is 17.7 Å².